The largest absolute Gasteiger partial charge is 0.416 e. The molecule has 0 atom stereocenters. The van der Waals surface area contributed by atoms with Gasteiger partial charge in [0.2, 0.25) is 10.0 Å². The monoisotopic (exact) mass is 577 g/mol. The summed E-state index contributed by atoms with van der Waals surface area (Å²) in [5.74, 6) is -0.0931. The minimum atomic E-state index is -4.71. The summed E-state index contributed by atoms with van der Waals surface area (Å²) in [7, 11) is -8.39. The zero-order valence-corrected chi connectivity index (χ0v) is 22.7. The first-order valence-electron chi connectivity index (χ1n) is 12.0. The summed E-state index contributed by atoms with van der Waals surface area (Å²) in [6.45, 7) is 4.07. The van der Waals surface area contributed by atoms with Crippen molar-refractivity contribution in [1.82, 2.24) is 4.31 Å². The average Bonchev–Trinajstić information content (AvgIpc) is 2.88. The van der Waals surface area contributed by atoms with Crippen LogP contribution in [0.15, 0.2) is 101 Å². The van der Waals surface area contributed by atoms with Crippen LogP contribution in [0.1, 0.15) is 25.0 Å². The van der Waals surface area contributed by atoms with Crippen molar-refractivity contribution < 1.29 is 34.2 Å². The molecule has 4 aromatic carbocycles. The molecule has 0 N–H and O–H groups in total. The molecule has 4 rings (SSSR count). The molecule has 11 heteroatoms. The van der Waals surface area contributed by atoms with Crippen molar-refractivity contribution in [3.63, 3.8) is 0 Å². The molecular formula is C28H26F3NO5S2. The van der Waals surface area contributed by atoms with Gasteiger partial charge in [0.15, 0.2) is 0 Å². The standard InChI is InChI=1S/C28H26F3NO5S2/c1-20(2)18-32(38(33,34)26-15-12-22-6-3-4-7-23(22)16-26)19-21-10-13-25(14-11-21)37-39(35,36)27-9-5-8-24(17-27)28(29,30)31/h3-17,20H,18-19H2,1-2H3. The second-order valence-electron chi connectivity index (χ2n) is 9.41. The molecule has 0 aliphatic heterocycles. The third kappa shape index (κ3) is 6.78. The lowest BCUT2D eigenvalue weighted by Gasteiger charge is -2.24. The number of benzene rings is 4. The van der Waals surface area contributed by atoms with Gasteiger partial charge < -0.3 is 4.18 Å². The Morgan fingerprint density at radius 3 is 2.08 bits per heavy atom. The highest BCUT2D eigenvalue weighted by Crippen LogP contribution is 2.31. The van der Waals surface area contributed by atoms with E-state index in [2.05, 4.69) is 0 Å². The van der Waals surface area contributed by atoms with Crippen LogP contribution in [0.4, 0.5) is 13.2 Å². The second kappa shape index (κ2) is 11.0. The number of nitrogens with zero attached hydrogens (tertiary/aromatic N) is 1. The van der Waals surface area contributed by atoms with Gasteiger partial charge in [0, 0.05) is 13.1 Å². The lowest BCUT2D eigenvalue weighted by molar-refractivity contribution is -0.137. The minimum Gasteiger partial charge on any atom is -0.379 e. The number of alkyl halides is 3. The Morgan fingerprint density at radius 1 is 0.769 bits per heavy atom. The van der Waals surface area contributed by atoms with Crippen LogP contribution in [-0.2, 0) is 32.9 Å². The summed E-state index contributed by atoms with van der Waals surface area (Å²) in [4.78, 5) is -0.472. The Bertz CT molecular complexity index is 1680. The first kappa shape index (κ1) is 28.6. The van der Waals surface area contributed by atoms with E-state index in [1.54, 1.807) is 18.2 Å². The van der Waals surface area contributed by atoms with E-state index < -0.39 is 36.8 Å². The molecule has 206 valence electrons. The van der Waals surface area contributed by atoms with E-state index in [1.807, 2.05) is 38.1 Å². The first-order valence-corrected chi connectivity index (χ1v) is 14.8. The zero-order valence-electron chi connectivity index (χ0n) is 21.1. The van der Waals surface area contributed by atoms with Gasteiger partial charge in [0.25, 0.3) is 0 Å². The summed E-state index contributed by atoms with van der Waals surface area (Å²) >= 11 is 0. The van der Waals surface area contributed by atoms with Crippen molar-refractivity contribution in [2.45, 2.75) is 36.4 Å². The van der Waals surface area contributed by atoms with Gasteiger partial charge in [-0.2, -0.15) is 25.9 Å². The van der Waals surface area contributed by atoms with Gasteiger partial charge in [0.1, 0.15) is 10.6 Å². The molecule has 39 heavy (non-hydrogen) atoms. The van der Waals surface area contributed by atoms with Crippen LogP contribution in [0.5, 0.6) is 5.75 Å². The van der Waals surface area contributed by atoms with Crippen LogP contribution in [0.3, 0.4) is 0 Å². The molecule has 0 unspecified atom stereocenters. The highest BCUT2D eigenvalue weighted by molar-refractivity contribution is 7.89. The number of halogens is 3. The SMILES string of the molecule is CC(C)CN(Cc1ccc(OS(=O)(=O)c2cccc(C(F)(F)F)c2)cc1)S(=O)(=O)c1ccc2ccccc2c1. The van der Waals surface area contributed by atoms with Crippen LogP contribution in [0, 0.1) is 5.92 Å². The van der Waals surface area contributed by atoms with E-state index in [1.165, 1.54) is 28.6 Å². The molecule has 0 saturated heterocycles. The summed E-state index contributed by atoms with van der Waals surface area (Å²) < 4.78 is 97.6. The fraction of sp³-hybridized carbons (Fsp3) is 0.214. The van der Waals surface area contributed by atoms with Gasteiger partial charge in [-0.3, -0.25) is 0 Å². The molecule has 0 aliphatic carbocycles. The number of rotatable bonds is 9. The van der Waals surface area contributed by atoms with E-state index in [9.17, 15) is 30.0 Å². The highest BCUT2D eigenvalue weighted by Gasteiger charge is 2.32. The van der Waals surface area contributed by atoms with Crippen LogP contribution >= 0.6 is 0 Å². The van der Waals surface area contributed by atoms with Crippen molar-refractivity contribution in [2.24, 2.45) is 5.92 Å². The lowest BCUT2D eigenvalue weighted by atomic mass is 10.1. The predicted octanol–water partition coefficient (Wildman–Crippen LogP) is 6.47. The fourth-order valence-electron chi connectivity index (χ4n) is 3.99. The van der Waals surface area contributed by atoms with Crippen molar-refractivity contribution >= 4 is 30.9 Å². The molecular weight excluding hydrogens is 551 g/mol. The number of sulfonamides is 1. The second-order valence-corrected chi connectivity index (χ2v) is 12.9. The smallest absolute Gasteiger partial charge is 0.379 e. The normalized spacial score (nSPS) is 12.8. The Balaban J connectivity index is 1.55. The maximum Gasteiger partial charge on any atom is 0.416 e. The van der Waals surface area contributed by atoms with Gasteiger partial charge in [-0.05, 0) is 64.7 Å². The molecule has 0 saturated carbocycles. The first-order chi connectivity index (χ1) is 18.3. The lowest BCUT2D eigenvalue weighted by Crippen LogP contribution is -2.33. The molecule has 0 heterocycles. The van der Waals surface area contributed by atoms with Crippen molar-refractivity contribution in [3.8, 4) is 5.75 Å². The van der Waals surface area contributed by atoms with Crippen molar-refractivity contribution in [1.29, 1.82) is 0 Å². The summed E-state index contributed by atoms with van der Waals surface area (Å²) in [6, 6.07) is 21.4. The Kier molecular flexibility index (Phi) is 8.06. The molecule has 0 amide bonds. The van der Waals surface area contributed by atoms with E-state index in [0.717, 1.165) is 29.0 Å². The molecule has 0 aliphatic rings. The molecule has 6 nitrogen and oxygen atoms in total. The minimum absolute atomic E-state index is 0.0218. The number of hydrogen-bond acceptors (Lipinski definition) is 5. The van der Waals surface area contributed by atoms with E-state index in [4.69, 9.17) is 4.18 Å². The maximum absolute atomic E-state index is 13.6. The summed E-state index contributed by atoms with van der Waals surface area (Å²) in [5, 5.41) is 1.72. The Labute approximate surface area is 225 Å². The fourth-order valence-corrected chi connectivity index (χ4v) is 6.59. The Morgan fingerprint density at radius 2 is 1.44 bits per heavy atom. The topological polar surface area (TPSA) is 80.8 Å². The van der Waals surface area contributed by atoms with Gasteiger partial charge in [0.05, 0.1) is 10.5 Å². The van der Waals surface area contributed by atoms with E-state index in [0.29, 0.717) is 11.6 Å². The van der Waals surface area contributed by atoms with Gasteiger partial charge >= 0.3 is 16.3 Å². The third-order valence-electron chi connectivity index (χ3n) is 5.87. The number of hydrogen-bond donors (Lipinski definition) is 0. The van der Waals surface area contributed by atoms with Crippen molar-refractivity contribution in [3.05, 3.63) is 102 Å². The molecule has 0 radical (unpaired) electrons. The molecule has 4 aromatic rings. The quantitative estimate of drug-likeness (QED) is 0.213. The predicted molar refractivity (Wildman–Crippen MR) is 142 cm³/mol. The van der Waals surface area contributed by atoms with Crippen LogP contribution in [0.25, 0.3) is 10.8 Å². The third-order valence-corrected chi connectivity index (χ3v) is 8.92. The highest BCUT2D eigenvalue weighted by atomic mass is 32.2. The van der Waals surface area contributed by atoms with Gasteiger partial charge in [-0.15, -0.1) is 0 Å². The maximum atomic E-state index is 13.6. The summed E-state index contributed by atoms with van der Waals surface area (Å²) in [5.41, 5.74) is -0.538. The molecule has 0 aromatic heterocycles. The van der Waals surface area contributed by atoms with Gasteiger partial charge in [-0.1, -0.05) is 62.4 Å². The molecule has 0 spiro atoms. The average molecular weight is 578 g/mol. The van der Waals surface area contributed by atoms with Crippen LogP contribution in [0.2, 0.25) is 0 Å². The van der Waals surface area contributed by atoms with Crippen molar-refractivity contribution in [2.75, 3.05) is 6.54 Å². The summed E-state index contributed by atoms with van der Waals surface area (Å²) in [6.07, 6.45) is -4.71. The zero-order chi connectivity index (χ0) is 28.4. The van der Waals surface area contributed by atoms with E-state index >= 15 is 0 Å². The Hall–Kier alpha value is -3.41. The van der Waals surface area contributed by atoms with E-state index in [-0.39, 0.29) is 29.7 Å². The van der Waals surface area contributed by atoms with Crippen LogP contribution in [-0.4, -0.2) is 27.7 Å². The van der Waals surface area contributed by atoms with Gasteiger partial charge in [-0.25, -0.2) is 8.42 Å². The van der Waals surface area contributed by atoms with Crippen LogP contribution < -0.4 is 4.18 Å². The molecule has 0 fully saturated rings. The molecule has 0 bridgehead atoms. The number of fused-ring (bicyclic) bond motifs is 1.